The van der Waals surface area contributed by atoms with Crippen molar-refractivity contribution in [2.75, 3.05) is 33.7 Å². The van der Waals surface area contributed by atoms with Crippen molar-refractivity contribution in [2.24, 2.45) is 4.99 Å². The van der Waals surface area contributed by atoms with Gasteiger partial charge in [0.2, 0.25) is 0 Å². The van der Waals surface area contributed by atoms with Gasteiger partial charge < -0.3 is 19.9 Å². The molecule has 2 heterocycles. The van der Waals surface area contributed by atoms with Crippen molar-refractivity contribution in [3.63, 3.8) is 0 Å². The lowest BCUT2D eigenvalue weighted by molar-refractivity contribution is 0.0232. The summed E-state index contributed by atoms with van der Waals surface area (Å²) in [5, 5.41) is 5.50. The Bertz CT molecular complexity index is 810. The number of thiophene rings is 1. The number of hydrogen-bond donors (Lipinski definition) is 1. The van der Waals surface area contributed by atoms with Crippen molar-refractivity contribution < 1.29 is 9.53 Å². The highest BCUT2D eigenvalue weighted by Gasteiger charge is 2.22. The highest BCUT2D eigenvalue weighted by atomic mass is 127. The molecule has 2 rings (SSSR count). The highest BCUT2D eigenvalue weighted by Crippen LogP contribution is 2.13. The molecule has 0 aliphatic carbocycles. The van der Waals surface area contributed by atoms with Gasteiger partial charge in [0.25, 0.3) is 0 Å². The number of nitrogens with zero attached hydrogens (tertiary/aromatic N) is 4. The maximum absolute atomic E-state index is 12.7. The number of pyridine rings is 1. The molecular formula is C23H36IN5O2S. The fourth-order valence-corrected chi connectivity index (χ4v) is 3.67. The quantitative estimate of drug-likeness (QED) is 0.205. The fourth-order valence-electron chi connectivity index (χ4n) is 2.97. The Morgan fingerprint density at radius 1 is 1.25 bits per heavy atom. The molecule has 2 aromatic rings. The van der Waals surface area contributed by atoms with E-state index in [-0.39, 0.29) is 30.1 Å². The molecule has 0 aliphatic rings. The number of rotatable bonds is 9. The Morgan fingerprint density at radius 3 is 2.62 bits per heavy atom. The van der Waals surface area contributed by atoms with E-state index in [0.717, 1.165) is 30.9 Å². The molecule has 0 bridgehead atoms. The Labute approximate surface area is 213 Å². The van der Waals surface area contributed by atoms with E-state index in [0.29, 0.717) is 19.6 Å². The largest absolute Gasteiger partial charge is 0.444 e. The normalized spacial score (nSPS) is 11.5. The predicted molar refractivity (Wildman–Crippen MR) is 143 cm³/mol. The van der Waals surface area contributed by atoms with E-state index in [1.165, 1.54) is 4.88 Å². The first-order valence-corrected chi connectivity index (χ1v) is 11.5. The topological polar surface area (TPSA) is 70.1 Å². The number of carbonyl (C=O) groups excluding carboxylic acids is 1. The van der Waals surface area contributed by atoms with Gasteiger partial charge in [-0.3, -0.25) is 9.98 Å². The molecule has 0 aromatic carbocycles. The molecule has 0 radical (unpaired) electrons. The molecule has 0 aliphatic heterocycles. The maximum atomic E-state index is 12.7. The molecule has 2 aromatic heterocycles. The number of guanidine groups is 1. The molecule has 1 amide bonds. The molecular weight excluding hydrogens is 537 g/mol. The van der Waals surface area contributed by atoms with Crippen LogP contribution in [-0.2, 0) is 17.7 Å². The van der Waals surface area contributed by atoms with Gasteiger partial charge in [-0.1, -0.05) is 12.1 Å². The molecule has 9 heteroatoms. The van der Waals surface area contributed by atoms with Gasteiger partial charge in [-0.25, -0.2) is 4.79 Å². The van der Waals surface area contributed by atoms with Crippen LogP contribution in [0.1, 0.15) is 37.6 Å². The molecule has 32 heavy (non-hydrogen) atoms. The van der Waals surface area contributed by atoms with E-state index in [1.54, 1.807) is 35.7 Å². The highest BCUT2D eigenvalue weighted by molar-refractivity contribution is 14.0. The first-order valence-electron chi connectivity index (χ1n) is 10.6. The van der Waals surface area contributed by atoms with Crippen LogP contribution in [-0.4, -0.2) is 66.2 Å². The summed E-state index contributed by atoms with van der Waals surface area (Å²) in [6.45, 7) is 8.29. The summed E-state index contributed by atoms with van der Waals surface area (Å²) in [5.74, 6) is 0.854. The molecule has 0 unspecified atom stereocenters. The summed E-state index contributed by atoms with van der Waals surface area (Å²) >= 11 is 1.78. The lowest BCUT2D eigenvalue weighted by atomic mass is 10.2. The number of carbonyl (C=O) groups is 1. The van der Waals surface area contributed by atoms with Crippen LogP contribution in [0.15, 0.2) is 47.0 Å². The van der Waals surface area contributed by atoms with E-state index < -0.39 is 5.60 Å². The minimum atomic E-state index is -0.532. The number of ether oxygens (including phenoxy) is 1. The molecule has 1 N–H and O–H groups in total. The molecule has 178 valence electrons. The van der Waals surface area contributed by atoms with Crippen molar-refractivity contribution in [1.82, 2.24) is 20.1 Å². The average molecular weight is 574 g/mol. The lowest BCUT2D eigenvalue weighted by Gasteiger charge is -2.28. The lowest BCUT2D eigenvalue weighted by Crippen LogP contribution is -2.42. The van der Waals surface area contributed by atoms with Gasteiger partial charge >= 0.3 is 6.09 Å². The fraction of sp³-hybridized carbons (Fsp3) is 0.522. The van der Waals surface area contributed by atoms with Crippen molar-refractivity contribution in [3.05, 3.63) is 52.5 Å². The number of likely N-dealkylation sites (N-methyl/N-ethyl adjacent to an activating group) is 1. The van der Waals surface area contributed by atoms with Gasteiger partial charge in [0.15, 0.2) is 5.96 Å². The van der Waals surface area contributed by atoms with Gasteiger partial charge in [0.1, 0.15) is 5.60 Å². The Balaban J connectivity index is 0.00000512. The second-order valence-electron chi connectivity index (χ2n) is 8.34. The van der Waals surface area contributed by atoms with E-state index in [9.17, 15) is 4.79 Å². The van der Waals surface area contributed by atoms with E-state index in [2.05, 4.69) is 37.7 Å². The SMILES string of the molecule is CN=C(NCCCN(Cc1cccnc1)C(=O)OC(C)(C)C)N(C)CCc1cccs1.I. The summed E-state index contributed by atoms with van der Waals surface area (Å²) in [6.07, 6.45) is 4.96. The molecule has 0 atom stereocenters. The van der Waals surface area contributed by atoms with Crippen LogP contribution in [0.2, 0.25) is 0 Å². The second-order valence-corrected chi connectivity index (χ2v) is 9.37. The molecule has 0 fully saturated rings. The minimum Gasteiger partial charge on any atom is -0.444 e. The summed E-state index contributed by atoms with van der Waals surface area (Å²) in [6, 6.07) is 8.07. The number of nitrogens with one attached hydrogen (secondary N) is 1. The third-order valence-corrected chi connectivity index (χ3v) is 5.42. The standard InChI is InChI=1S/C23H35N5O2S.HI/c1-23(2,3)30-22(29)28(18-19-9-6-12-25-17-19)14-8-13-26-21(24-4)27(5)15-11-20-10-7-16-31-20;/h6-7,9-10,12,16-17H,8,11,13-15,18H2,1-5H3,(H,24,26);1H. The van der Waals surface area contributed by atoms with Crippen LogP contribution in [0.4, 0.5) is 4.79 Å². The summed E-state index contributed by atoms with van der Waals surface area (Å²) in [7, 11) is 3.83. The van der Waals surface area contributed by atoms with E-state index in [1.807, 2.05) is 40.0 Å². The first kappa shape index (κ1) is 28.2. The first-order chi connectivity index (χ1) is 14.8. The average Bonchev–Trinajstić information content (AvgIpc) is 3.24. The zero-order valence-electron chi connectivity index (χ0n) is 19.7. The van der Waals surface area contributed by atoms with Crippen LogP contribution in [0, 0.1) is 0 Å². The smallest absolute Gasteiger partial charge is 0.410 e. The van der Waals surface area contributed by atoms with Crippen LogP contribution in [0.3, 0.4) is 0 Å². The molecule has 0 saturated heterocycles. The zero-order chi connectivity index (χ0) is 22.7. The third kappa shape index (κ3) is 10.6. The van der Waals surface area contributed by atoms with Gasteiger partial charge in [0, 0.05) is 51.0 Å². The predicted octanol–water partition coefficient (Wildman–Crippen LogP) is 4.64. The van der Waals surface area contributed by atoms with Crippen LogP contribution < -0.4 is 5.32 Å². The van der Waals surface area contributed by atoms with Gasteiger partial charge in [-0.2, -0.15) is 0 Å². The van der Waals surface area contributed by atoms with Gasteiger partial charge in [-0.05, 0) is 56.7 Å². The van der Waals surface area contributed by atoms with Crippen molar-refractivity contribution in [1.29, 1.82) is 0 Å². The number of hydrogen-bond acceptors (Lipinski definition) is 5. The Hall–Kier alpha value is -1.88. The van der Waals surface area contributed by atoms with Crippen molar-refractivity contribution in [2.45, 2.75) is 45.8 Å². The Morgan fingerprint density at radius 2 is 2.03 bits per heavy atom. The molecule has 0 spiro atoms. The van der Waals surface area contributed by atoms with Crippen LogP contribution >= 0.6 is 35.3 Å². The second kappa shape index (κ2) is 14.3. The monoisotopic (exact) mass is 573 g/mol. The number of halogens is 1. The zero-order valence-corrected chi connectivity index (χ0v) is 22.9. The number of amides is 1. The Kier molecular flexibility index (Phi) is 12.6. The third-order valence-electron chi connectivity index (χ3n) is 4.48. The van der Waals surface area contributed by atoms with Gasteiger partial charge in [0.05, 0.1) is 6.54 Å². The maximum Gasteiger partial charge on any atom is 0.410 e. The van der Waals surface area contributed by atoms with Gasteiger partial charge in [-0.15, -0.1) is 35.3 Å². The number of aromatic nitrogens is 1. The summed E-state index contributed by atoms with van der Waals surface area (Å²) < 4.78 is 5.59. The van der Waals surface area contributed by atoms with Crippen molar-refractivity contribution >= 4 is 47.4 Å². The van der Waals surface area contributed by atoms with Crippen molar-refractivity contribution in [3.8, 4) is 0 Å². The molecule has 0 saturated carbocycles. The summed E-state index contributed by atoms with van der Waals surface area (Å²) in [5.41, 5.74) is 0.445. The van der Waals surface area contributed by atoms with E-state index in [4.69, 9.17) is 4.74 Å². The van der Waals surface area contributed by atoms with Crippen LogP contribution in [0.5, 0.6) is 0 Å². The molecule has 7 nitrogen and oxygen atoms in total. The number of aliphatic imine (C=N–C) groups is 1. The minimum absolute atomic E-state index is 0. The van der Waals surface area contributed by atoms with E-state index >= 15 is 0 Å². The summed E-state index contributed by atoms with van der Waals surface area (Å²) in [4.78, 5) is 26.4. The van der Waals surface area contributed by atoms with Crippen LogP contribution in [0.25, 0.3) is 0 Å².